The molecular weight excluding hydrogens is 679 g/mol. The van der Waals surface area contributed by atoms with Crippen LogP contribution >= 0.6 is 24.0 Å². The molecule has 0 bridgehead atoms. The fourth-order valence-corrected chi connectivity index (χ4v) is 5.69. The van der Waals surface area contributed by atoms with Crippen molar-refractivity contribution in [3.8, 4) is 5.75 Å². The number of nitrogens with zero attached hydrogens (tertiary/aromatic N) is 1. The summed E-state index contributed by atoms with van der Waals surface area (Å²) in [6.07, 6.45) is -1.27. The van der Waals surface area contributed by atoms with Crippen molar-refractivity contribution in [3.63, 3.8) is 0 Å². The number of ether oxygens (including phenoxy) is 1. The van der Waals surface area contributed by atoms with Crippen LogP contribution in [0.15, 0.2) is 103 Å². The number of Topliss-reactive ketones (excluding diaryl/α,β-unsaturated/α-hetero) is 1. The van der Waals surface area contributed by atoms with Gasteiger partial charge in [0, 0.05) is 36.5 Å². The van der Waals surface area contributed by atoms with Crippen LogP contribution in [0.1, 0.15) is 65.3 Å². The average Bonchev–Trinajstić information content (AvgIpc) is 3.08. The molecule has 0 amide bonds. The maximum atomic E-state index is 12.9. The summed E-state index contributed by atoms with van der Waals surface area (Å²) < 4.78 is 56.5. The molecule has 4 aromatic carbocycles. The van der Waals surface area contributed by atoms with Crippen molar-refractivity contribution >= 4 is 29.8 Å². The lowest BCUT2D eigenvalue weighted by Gasteiger charge is -2.38. The van der Waals surface area contributed by atoms with E-state index in [0.717, 1.165) is 62.3 Å². The molecule has 5 rings (SSSR count). The number of benzene rings is 4. The fourth-order valence-electron chi connectivity index (χ4n) is 5.56. The van der Waals surface area contributed by atoms with Crippen LogP contribution in [0, 0.1) is 5.82 Å². The van der Waals surface area contributed by atoms with E-state index in [1.807, 2.05) is 61.6 Å². The Labute approximate surface area is 296 Å². The molecule has 1 aliphatic heterocycles. The lowest BCUT2D eigenvalue weighted by molar-refractivity contribution is -0.137. The van der Waals surface area contributed by atoms with Crippen LogP contribution < -0.4 is 10.1 Å². The van der Waals surface area contributed by atoms with Gasteiger partial charge in [-0.05, 0) is 111 Å². The monoisotopic (exact) mass is 720 g/mol. The van der Waals surface area contributed by atoms with Gasteiger partial charge in [-0.1, -0.05) is 54.1 Å². The summed E-state index contributed by atoms with van der Waals surface area (Å²) in [6.45, 7) is 3.16. The molecule has 0 aromatic heterocycles. The molecule has 1 saturated heterocycles. The van der Waals surface area contributed by atoms with E-state index in [-0.39, 0.29) is 30.1 Å². The lowest BCUT2D eigenvalue weighted by Crippen LogP contribution is -2.42. The minimum absolute atomic E-state index is 0. The van der Waals surface area contributed by atoms with Crippen LogP contribution in [0.3, 0.4) is 0 Å². The normalized spacial score (nSPS) is 14.9. The summed E-state index contributed by atoms with van der Waals surface area (Å²) in [5.41, 5.74) is 0.990. The second kappa shape index (κ2) is 19.1. The highest BCUT2D eigenvalue weighted by molar-refractivity contribution is 6.30. The summed E-state index contributed by atoms with van der Waals surface area (Å²) in [7, 11) is 1.85. The van der Waals surface area contributed by atoms with Gasteiger partial charge in [-0.3, -0.25) is 4.79 Å². The molecule has 1 atom stereocenters. The molecular formula is C38H42Cl2F4N2O3. The zero-order chi connectivity index (χ0) is 34.6. The van der Waals surface area contributed by atoms with Crippen molar-refractivity contribution in [2.24, 2.45) is 0 Å². The molecule has 0 aliphatic carbocycles. The maximum Gasteiger partial charge on any atom is 0.416 e. The van der Waals surface area contributed by atoms with E-state index >= 15 is 0 Å². The molecule has 1 heterocycles. The first-order chi connectivity index (χ1) is 23.0. The molecule has 1 fully saturated rings. The van der Waals surface area contributed by atoms with Gasteiger partial charge in [0.15, 0.2) is 5.78 Å². The zero-order valence-corrected chi connectivity index (χ0v) is 28.8. The van der Waals surface area contributed by atoms with Gasteiger partial charge >= 0.3 is 6.18 Å². The smallest absolute Gasteiger partial charge is 0.416 e. The topological polar surface area (TPSA) is 61.8 Å². The van der Waals surface area contributed by atoms with Crippen molar-refractivity contribution in [1.29, 1.82) is 0 Å². The summed E-state index contributed by atoms with van der Waals surface area (Å²) in [5, 5.41) is 14.6. The number of carbonyl (C=O) groups is 1. The number of nitrogens with one attached hydrogen (secondary N) is 1. The van der Waals surface area contributed by atoms with Crippen molar-refractivity contribution in [1.82, 2.24) is 10.2 Å². The van der Waals surface area contributed by atoms with Crippen LogP contribution in [-0.2, 0) is 11.8 Å². The number of likely N-dealkylation sites (tertiary alicyclic amines) is 1. The number of carbonyl (C=O) groups excluding carboxylic acids is 1. The predicted molar refractivity (Wildman–Crippen MR) is 188 cm³/mol. The molecule has 2 N–H and O–H groups in total. The Balaban J connectivity index is 0.000000264. The van der Waals surface area contributed by atoms with E-state index in [1.54, 1.807) is 0 Å². The summed E-state index contributed by atoms with van der Waals surface area (Å²) in [5.74, 6) is 0.140. The zero-order valence-electron chi connectivity index (χ0n) is 27.3. The molecule has 11 heteroatoms. The molecule has 1 unspecified atom stereocenters. The first-order valence-corrected chi connectivity index (χ1v) is 16.4. The SMILES string of the molecule is CNCCC(Oc1ccc(C(F)(F)F)cc1)c1ccccc1.Cl.O=C(CCCN1CCC(O)(c2ccc(Cl)cc2)CC1)c1ccc(F)cc1. The molecule has 264 valence electrons. The number of hydrogen-bond acceptors (Lipinski definition) is 5. The highest BCUT2D eigenvalue weighted by atomic mass is 35.5. The maximum absolute atomic E-state index is 12.9. The van der Waals surface area contributed by atoms with E-state index in [0.29, 0.717) is 35.6 Å². The number of aliphatic hydroxyl groups is 1. The molecule has 49 heavy (non-hydrogen) atoms. The molecule has 5 nitrogen and oxygen atoms in total. The number of ketones is 1. The van der Waals surface area contributed by atoms with Gasteiger partial charge in [0.05, 0.1) is 11.2 Å². The third-order valence-corrected chi connectivity index (χ3v) is 8.65. The third kappa shape index (κ3) is 12.4. The first-order valence-electron chi connectivity index (χ1n) is 16.0. The Morgan fingerprint density at radius 1 is 0.939 bits per heavy atom. The van der Waals surface area contributed by atoms with E-state index < -0.39 is 17.3 Å². The molecule has 1 aliphatic rings. The van der Waals surface area contributed by atoms with Crippen LogP contribution in [0.5, 0.6) is 5.75 Å². The lowest BCUT2D eigenvalue weighted by atomic mass is 9.84. The Morgan fingerprint density at radius 2 is 1.55 bits per heavy atom. The average molecular weight is 722 g/mol. The van der Waals surface area contributed by atoms with Gasteiger partial charge in [0.25, 0.3) is 0 Å². The number of alkyl halides is 3. The fraction of sp³-hybridized carbons (Fsp3) is 0.342. The van der Waals surface area contributed by atoms with E-state index in [2.05, 4.69) is 10.2 Å². The largest absolute Gasteiger partial charge is 0.486 e. The van der Waals surface area contributed by atoms with E-state index in [1.165, 1.54) is 36.4 Å². The van der Waals surface area contributed by atoms with Gasteiger partial charge in [0.2, 0.25) is 0 Å². The Hall–Kier alpha value is -3.47. The Bertz CT molecular complexity index is 1550. The number of piperidine rings is 1. The molecule has 0 radical (unpaired) electrons. The predicted octanol–water partition coefficient (Wildman–Crippen LogP) is 9.28. The molecule has 0 spiro atoms. The van der Waals surface area contributed by atoms with Crippen LogP contribution in [-0.4, -0.2) is 49.0 Å². The summed E-state index contributed by atoms with van der Waals surface area (Å²) >= 11 is 5.92. The van der Waals surface area contributed by atoms with Crippen LogP contribution in [0.25, 0.3) is 0 Å². The quantitative estimate of drug-likeness (QED) is 0.113. The highest BCUT2D eigenvalue weighted by Gasteiger charge is 2.34. The van der Waals surface area contributed by atoms with Gasteiger partial charge in [-0.15, -0.1) is 12.4 Å². The minimum atomic E-state index is -4.33. The molecule has 0 saturated carbocycles. The summed E-state index contributed by atoms with van der Waals surface area (Å²) in [6, 6.07) is 27.5. The minimum Gasteiger partial charge on any atom is -0.486 e. The number of rotatable bonds is 12. The second-order valence-corrected chi connectivity index (χ2v) is 12.3. The second-order valence-electron chi connectivity index (χ2n) is 11.8. The van der Waals surface area contributed by atoms with Gasteiger partial charge < -0.3 is 20.1 Å². The van der Waals surface area contributed by atoms with Gasteiger partial charge in [-0.2, -0.15) is 13.2 Å². The van der Waals surface area contributed by atoms with Crippen LogP contribution in [0.2, 0.25) is 5.02 Å². The standard InChI is InChI=1S/C21H23ClFNO2.C17H18F3NO.ClH/c22-18-7-5-17(6-8-18)21(26)11-14-24(15-12-21)13-1-2-20(25)16-3-9-19(23)10-4-16;1-21-12-11-16(13-5-3-2-4-6-13)22-15-9-7-14(8-10-15)17(18,19)20;/h3-10,26H,1-2,11-15H2;2-10,16,21H,11-12H2,1H3;1H. The van der Waals surface area contributed by atoms with Crippen molar-refractivity contribution in [2.45, 2.75) is 50.0 Å². The Morgan fingerprint density at radius 3 is 2.12 bits per heavy atom. The van der Waals surface area contributed by atoms with Gasteiger partial charge in [-0.25, -0.2) is 4.39 Å². The highest BCUT2D eigenvalue weighted by Crippen LogP contribution is 2.34. The Kier molecular flexibility index (Phi) is 15.5. The number of hydrogen-bond donors (Lipinski definition) is 2. The van der Waals surface area contributed by atoms with Crippen molar-refractivity contribution < 1.29 is 32.2 Å². The van der Waals surface area contributed by atoms with Crippen molar-refractivity contribution in [3.05, 3.63) is 136 Å². The van der Waals surface area contributed by atoms with Crippen LogP contribution in [0.4, 0.5) is 17.6 Å². The van der Waals surface area contributed by atoms with E-state index in [4.69, 9.17) is 16.3 Å². The summed E-state index contributed by atoms with van der Waals surface area (Å²) in [4.78, 5) is 14.4. The number of halogens is 6. The third-order valence-electron chi connectivity index (χ3n) is 8.40. The van der Waals surface area contributed by atoms with Gasteiger partial charge in [0.1, 0.15) is 17.7 Å². The molecule has 4 aromatic rings. The first kappa shape index (κ1) is 40.0. The van der Waals surface area contributed by atoms with E-state index in [9.17, 15) is 27.5 Å². The van der Waals surface area contributed by atoms with Crippen molar-refractivity contribution in [2.75, 3.05) is 33.2 Å².